The third-order valence-electron chi connectivity index (χ3n) is 1.48. The van der Waals surface area contributed by atoms with E-state index >= 15 is 0 Å². The van der Waals surface area contributed by atoms with Gasteiger partial charge in [0.2, 0.25) is 0 Å². The predicted molar refractivity (Wildman–Crippen MR) is 49.0 cm³/mol. The lowest BCUT2D eigenvalue weighted by atomic mass is 10.3. The van der Waals surface area contributed by atoms with E-state index in [1.54, 1.807) is 25.6 Å². The molecule has 0 saturated heterocycles. The van der Waals surface area contributed by atoms with E-state index in [1.807, 2.05) is 0 Å². The number of hydrogen-bond donors (Lipinski definition) is 2. The quantitative estimate of drug-likeness (QED) is 0.649. The molecule has 3 N–H and O–H groups in total. The Labute approximate surface area is 71.7 Å². The van der Waals surface area contributed by atoms with Crippen LogP contribution in [0, 0.1) is 0 Å². The molecule has 66 valence electrons. The first-order chi connectivity index (χ1) is 5.84. The molecule has 12 heavy (non-hydrogen) atoms. The number of methoxy groups -OCH3 is 1. The number of pyridine rings is 1. The molecule has 0 aliphatic rings. The van der Waals surface area contributed by atoms with Crippen LogP contribution >= 0.6 is 0 Å². The van der Waals surface area contributed by atoms with E-state index < -0.39 is 0 Å². The Morgan fingerprint density at radius 1 is 1.67 bits per heavy atom. The van der Waals surface area contributed by atoms with Crippen molar-refractivity contribution in [2.24, 2.45) is 0 Å². The molecule has 4 nitrogen and oxygen atoms in total. The smallest absolute Gasteiger partial charge is 0.0761 e. The number of nitrogens with two attached hydrogens (primary N) is 1. The van der Waals surface area contributed by atoms with Gasteiger partial charge in [0, 0.05) is 19.9 Å². The minimum absolute atomic E-state index is 0.661. The van der Waals surface area contributed by atoms with Gasteiger partial charge in [-0.25, -0.2) is 0 Å². The van der Waals surface area contributed by atoms with Gasteiger partial charge in [0.05, 0.1) is 24.2 Å². The average Bonchev–Trinajstić information content (AvgIpc) is 2.09. The zero-order chi connectivity index (χ0) is 8.81. The van der Waals surface area contributed by atoms with Crippen molar-refractivity contribution in [3.05, 3.63) is 18.5 Å². The number of aromatic nitrogens is 1. The van der Waals surface area contributed by atoms with E-state index in [0.29, 0.717) is 12.3 Å². The maximum Gasteiger partial charge on any atom is 0.0761 e. The second-order valence-corrected chi connectivity index (χ2v) is 2.38. The fourth-order valence-electron chi connectivity index (χ4n) is 0.841. The van der Waals surface area contributed by atoms with E-state index in [2.05, 4.69) is 10.3 Å². The SMILES string of the molecule is COCCNc1cnccc1N. The van der Waals surface area contributed by atoms with Crippen molar-refractivity contribution >= 4 is 11.4 Å². The van der Waals surface area contributed by atoms with E-state index in [-0.39, 0.29) is 0 Å². The molecule has 0 spiro atoms. The Morgan fingerprint density at radius 3 is 3.17 bits per heavy atom. The topological polar surface area (TPSA) is 60.2 Å². The third kappa shape index (κ3) is 2.39. The molecule has 1 heterocycles. The molecule has 0 radical (unpaired) electrons. The summed E-state index contributed by atoms with van der Waals surface area (Å²) >= 11 is 0. The van der Waals surface area contributed by atoms with E-state index in [0.717, 1.165) is 12.2 Å². The van der Waals surface area contributed by atoms with Crippen LogP contribution in [0.4, 0.5) is 11.4 Å². The van der Waals surface area contributed by atoms with Crippen LogP contribution in [-0.2, 0) is 4.74 Å². The normalized spacial score (nSPS) is 9.75. The van der Waals surface area contributed by atoms with Crippen molar-refractivity contribution in [1.29, 1.82) is 0 Å². The molecule has 0 bridgehead atoms. The van der Waals surface area contributed by atoms with Crippen LogP contribution in [0.25, 0.3) is 0 Å². The zero-order valence-corrected chi connectivity index (χ0v) is 7.08. The van der Waals surface area contributed by atoms with Gasteiger partial charge in [0.15, 0.2) is 0 Å². The molecule has 0 saturated carbocycles. The molecule has 0 atom stereocenters. The molecular formula is C8H13N3O. The van der Waals surface area contributed by atoms with E-state index in [9.17, 15) is 0 Å². The molecule has 1 rings (SSSR count). The lowest BCUT2D eigenvalue weighted by Crippen LogP contribution is -2.09. The first kappa shape index (κ1) is 8.80. The molecule has 0 aromatic carbocycles. The Bertz CT molecular complexity index is 239. The van der Waals surface area contributed by atoms with Gasteiger partial charge in [-0.3, -0.25) is 4.98 Å². The van der Waals surface area contributed by atoms with Crippen molar-refractivity contribution in [2.75, 3.05) is 31.3 Å². The maximum atomic E-state index is 5.66. The predicted octanol–water partition coefficient (Wildman–Crippen LogP) is 0.722. The molecule has 1 aromatic heterocycles. The lowest BCUT2D eigenvalue weighted by molar-refractivity contribution is 0.211. The van der Waals surface area contributed by atoms with Gasteiger partial charge in [-0.15, -0.1) is 0 Å². The van der Waals surface area contributed by atoms with Crippen LogP contribution in [0.1, 0.15) is 0 Å². The van der Waals surface area contributed by atoms with Crippen LogP contribution in [0.2, 0.25) is 0 Å². The highest BCUT2D eigenvalue weighted by Crippen LogP contribution is 2.13. The molecule has 0 amide bonds. The van der Waals surface area contributed by atoms with Gasteiger partial charge in [-0.1, -0.05) is 0 Å². The van der Waals surface area contributed by atoms with Crippen molar-refractivity contribution in [1.82, 2.24) is 4.98 Å². The maximum absolute atomic E-state index is 5.66. The average molecular weight is 167 g/mol. The minimum atomic E-state index is 0.661. The highest BCUT2D eigenvalue weighted by Gasteiger charge is 1.95. The lowest BCUT2D eigenvalue weighted by Gasteiger charge is -2.06. The van der Waals surface area contributed by atoms with Crippen molar-refractivity contribution < 1.29 is 4.74 Å². The summed E-state index contributed by atoms with van der Waals surface area (Å²) in [6, 6.07) is 1.76. The fraction of sp³-hybridized carbons (Fsp3) is 0.375. The summed E-state index contributed by atoms with van der Waals surface area (Å²) in [5, 5.41) is 3.10. The highest BCUT2D eigenvalue weighted by atomic mass is 16.5. The standard InChI is InChI=1S/C8H13N3O/c1-12-5-4-11-8-6-10-3-2-7(8)9/h2-3,6,11H,4-5H2,1H3,(H2,9,10). The molecule has 4 heteroatoms. The number of nitrogens with zero attached hydrogens (tertiary/aromatic N) is 1. The van der Waals surface area contributed by atoms with Crippen LogP contribution < -0.4 is 11.1 Å². The van der Waals surface area contributed by atoms with Crippen molar-refractivity contribution in [3.8, 4) is 0 Å². The van der Waals surface area contributed by atoms with Crippen molar-refractivity contribution in [2.45, 2.75) is 0 Å². The summed E-state index contributed by atoms with van der Waals surface area (Å²) in [6.45, 7) is 1.40. The fourth-order valence-corrected chi connectivity index (χ4v) is 0.841. The Kier molecular flexibility index (Phi) is 3.35. The molecule has 0 aliphatic heterocycles. The van der Waals surface area contributed by atoms with Gasteiger partial charge < -0.3 is 15.8 Å². The number of anilines is 2. The third-order valence-corrected chi connectivity index (χ3v) is 1.48. The molecule has 0 unspecified atom stereocenters. The van der Waals surface area contributed by atoms with Gasteiger partial charge in [-0.05, 0) is 6.07 Å². The van der Waals surface area contributed by atoms with Gasteiger partial charge in [0.25, 0.3) is 0 Å². The Hall–Kier alpha value is -1.29. The summed E-state index contributed by atoms with van der Waals surface area (Å²) in [5.74, 6) is 0. The minimum Gasteiger partial charge on any atom is -0.397 e. The van der Waals surface area contributed by atoms with Gasteiger partial charge in [-0.2, -0.15) is 0 Å². The molecule has 0 aliphatic carbocycles. The van der Waals surface area contributed by atoms with Crippen LogP contribution in [-0.4, -0.2) is 25.2 Å². The zero-order valence-electron chi connectivity index (χ0n) is 7.08. The number of ether oxygens (including phenoxy) is 1. The van der Waals surface area contributed by atoms with Crippen LogP contribution in [0.3, 0.4) is 0 Å². The Balaban J connectivity index is 2.46. The van der Waals surface area contributed by atoms with Gasteiger partial charge in [0.1, 0.15) is 0 Å². The summed E-state index contributed by atoms with van der Waals surface area (Å²) in [7, 11) is 1.66. The molecule has 0 fully saturated rings. The van der Waals surface area contributed by atoms with Gasteiger partial charge >= 0.3 is 0 Å². The largest absolute Gasteiger partial charge is 0.397 e. The molecule has 1 aromatic rings. The highest BCUT2D eigenvalue weighted by molar-refractivity contribution is 5.63. The second-order valence-electron chi connectivity index (χ2n) is 2.38. The molecular weight excluding hydrogens is 154 g/mol. The monoisotopic (exact) mass is 167 g/mol. The summed E-state index contributed by atoms with van der Waals surface area (Å²) < 4.78 is 4.88. The van der Waals surface area contributed by atoms with Crippen LogP contribution in [0.5, 0.6) is 0 Å². The van der Waals surface area contributed by atoms with E-state index in [1.165, 1.54) is 0 Å². The summed E-state index contributed by atoms with van der Waals surface area (Å²) in [5.41, 5.74) is 7.22. The summed E-state index contributed by atoms with van der Waals surface area (Å²) in [6.07, 6.45) is 3.36. The van der Waals surface area contributed by atoms with Crippen LogP contribution in [0.15, 0.2) is 18.5 Å². The second kappa shape index (κ2) is 4.56. The van der Waals surface area contributed by atoms with E-state index in [4.69, 9.17) is 10.5 Å². The van der Waals surface area contributed by atoms with Crippen molar-refractivity contribution in [3.63, 3.8) is 0 Å². The Morgan fingerprint density at radius 2 is 2.50 bits per heavy atom. The number of rotatable bonds is 4. The number of hydrogen-bond acceptors (Lipinski definition) is 4. The first-order valence-corrected chi connectivity index (χ1v) is 3.77. The summed E-state index contributed by atoms with van der Waals surface area (Å²) in [4.78, 5) is 3.94. The first-order valence-electron chi connectivity index (χ1n) is 3.77. The number of nitrogens with one attached hydrogen (secondary N) is 1. The number of nitrogen functional groups attached to an aromatic ring is 1.